The SMILES string of the molecule is COc1ccc(Cn2c(C(=O)O)c(CNCCc3ccc(OC)c(OC)c3)c3ccc(OC)cc32)cc1. The first-order valence-electron chi connectivity index (χ1n) is 12.0. The number of nitrogens with zero attached hydrogens (tertiary/aromatic N) is 1. The van der Waals surface area contributed by atoms with Gasteiger partial charge in [-0.3, -0.25) is 0 Å². The number of rotatable bonds is 12. The summed E-state index contributed by atoms with van der Waals surface area (Å²) in [6.45, 7) is 1.48. The lowest BCUT2D eigenvalue weighted by atomic mass is 10.1. The van der Waals surface area contributed by atoms with Gasteiger partial charge in [-0.15, -0.1) is 0 Å². The minimum atomic E-state index is -0.972. The minimum absolute atomic E-state index is 0.262. The molecule has 0 aliphatic rings. The van der Waals surface area contributed by atoms with E-state index in [-0.39, 0.29) is 5.69 Å². The van der Waals surface area contributed by atoms with Crippen LogP contribution in [0.2, 0.25) is 0 Å². The number of aromatic carboxylic acids is 1. The zero-order valence-corrected chi connectivity index (χ0v) is 21.5. The van der Waals surface area contributed by atoms with E-state index in [0.29, 0.717) is 36.9 Å². The summed E-state index contributed by atoms with van der Waals surface area (Å²) in [5.74, 6) is 1.82. The molecule has 2 N–H and O–H groups in total. The third-order valence-electron chi connectivity index (χ3n) is 6.42. The zero-order valence-electron chi connectivity index (χ0n) is 21.5. The molecule has 0 unspecified atom stereocenters. The summed E-state index contributed by atoms with van der Waals surface area (Å²) in [5.41, 5.74) is 3.87. The number of carboxylic acid groups (broad SMARTS) is 1. The predicted molar refractivity (Wildman–Crippen MR) is 143 cm³/mol. The lowest BCUT2D eigenvalue weighted by Crippen LogP contribution is -2.19. The Bertz CT molecular complexity index is 1380. The van der Waals surface area contributed by atoms with Crippen LogP contribution in [0.15, 0.2) is 60.7 Å². The van der Waals surface area contributed by atoms with Crippen molar-refractivity contribution in [2.45, 2.75) is 19.5 Å². The summed E-state index contributed by atoms with van der Waals surface area (Å²) < 4.78 is 23.2. The number of fused-ring (bicyclic) bond motifs is 1. The summed E-state index contributed by atoms with van der Waals surface area (Å²) in [6, 6.07) is 19.1. The van der Waals surface area contributed by atoms with Crippen LogP contribution >= 0.6 is 0 Å². The summed E-state index contributed by atoms with van der Waals surface area (Å²) in [6.07, 6.45) is 0.751. The Morgan fingerprint density at radius 1 is 0.811 bits per heavy atom. The van der Waals surface area contributed by atoms with Crippen LogP contribution < -0.4 is 24.3 Å². The Morgan fingerprint density at radius 2 is 1.49 bits per heavy atom. The second kappa shape index (κ2) is 11.7. The van der Waals surface area contributed by atoms with E-state index in [2.05, 4.69) is 5.32 Å². The number of hydrogen-bond donors (Lipinski definition) is 2. The molecule has 0 amide bonds. The number of carbonyl (C=O) groups is 1. The molecule has 4 rings (SSSR count). The van der Waals surface area contributed by atoms with Gasteiger partial charge in [0.15, 0.2) is 11.5 Å². The van der Waals surface area contributed by atoms with Crippen molar-refractivity contribution < 1.29 is 28.8 Å². The van der Waals surface area contributed by atoms with Gasteiger partial charge in [0.2, 0.25) is 0 Å². The third-order valence-corrected chi connectivity index (χ3v) is 6.42. The Kier molecular flexibility index (Phi) is 8.20. The lowest BCUT2D eigenvalue weighted by Gasteiger charge is -2.11. The van der Waals surface area contributed by atoms with E-state index in [1.807, 2.05) is 65.2 Å². The second-order valence-electron chi connectivity index (χ2n) is 8.57. The van der Waals surface area contributed by atoms with Gasteiger partial charge < -0.3 is 33.9 Å². The van der Waals surface area contributed by atoms with E-state index >= 15 is 0 Å². The molecule has 3 aromatic carbocycles. The topological polar surface area (TPSA) is 91.2 Å². The number of hydrogen-bond acceptors (Lipinski definition) is 6. The summed E-state index contributed by atoms with van der Waals surface area (Å²) in [4.78, 5) is 12.5. The smallest absolute Gasteiger partial charge is 0.352 e. The molecule has 0 saturated carbocycles. The van der Waals surface area contributed by atoms with Crippen molar-refractivity contribution in [2.24, 2.45) is 0 Å². The van der Waals surface area contributed by atoms with E-state index < -0.39 is 5.97 Å². The highest BCUT2D eigenvalue weighted by Crippen LogP contribution is 2.31. The Morgan fingerprint density at radius 3 is 2.14 bits per heavy atom. The second-order valence-corrected chi connectivity index (χ2v) is 8.57. The van der Waals surface area contributed by atoms with Crippen molar-refractivity contribution in [3.05, 3.63) is 83.0 Å². The van der Waals surface area contributed by atoms with Gasteiger partial charge in [-0.1, -0.05) is 18.2 Å². The molecular weight excluding hydrogens is 472 g/mol. The molecule has 4 aromatic rings. The van der Waals surface area contributed by atoms with E-state index in [9.17, 15) is 9.90 Å². The highest BCUT2D eigenvalue weighted by molar-refractivity contribution is 5.98. The highest BCUT2D eigenvalue weighted by Gasteiger charge is 2.23. The van der Waals surface area contributed by atoms with Gasteiger partial charge in [-0.2, -0.15) is 0 Å². The molecule has 8 heteroatoms. The maximum Gasteiger partial charge on any atom is 0.352 e. The Labute approximate surface area is 216 Å². The van der Waals surface area contributed by atoms with Crippen LogP contribution in [-0.2, 0) is 19.5 Å². The molecular formula is C29H32N2O6. The maximum atomic E-state index is 12.5. The Balaban J connectivity index is 1.61. The number of methoxy groups -OCH3 is 4. The predicted octanol–water partition coefficient (Wildman–Crippen LogP) is 4.75. The van der Waals surface area contributed by atoms with Crippen LogP contribution in [0.25, 0.3) is 10.9 Å². The molecule has 1 heterocycles. The van der Waals surface area contributed by atoms with E-state index in [1.54, 1.807) is 28.4 Å². The fourth-order valence-corrected chi connectivity index (χ4v) is 4.51. The first-order chi connectivity index (χ1) is 18.0. The molecule has 0 atom stereocenters. The highest BCUT2D eigenvalue weighted by atomic mass is 16.5. The van der Waals surface area contributed by atoms with Crippen LogP contribution in [0.5, 0.6) is 23.0 Å². The molecule has 0 spiro atoms. The number of carboxylic acids is 1. The van der Waals surface area contributed by atoms with E-state index in [1.165, 1.54) is 0 Å². The van der Waals surface area contributed by atoms with Crippen LogP contribution in [0.1, 0.15) is 27.2 Å². The molecule has 0 fully saturated rings. The lowest BCUT2D eigenvalue weighted by molar-refractivity contribution is 0.0684. The van der Waals surface area contributed by atoms with Gasteiger partial charge in [-0.25, -0.2) is 4.79 Å². The molecule has 0 bridgehead atoms. The Hall–Kier alpha value is -4.17. The first-order valence-corrected chi connectivity index (χ1v) is 12.0. The standard InChI is InChI=1S/C29H32N2O6/c1-34-21-8-5-20(6-9-21)18-31-25-16-22(35-2)10-11-23(25)24(28(31)29(32)33)17-30-14-13-19-7-12-26(36-3)27(15-19)37-4/h5-12,15-16,30H,13-14,17-18H2,1-4H3,(H,32,33). The molecule has 0 radical (unpaired) electrons. The quantitative estimate of drug-likeness (QED) is 0.269. The summed E-state index contributed by atoms with van der Waals surface area (Å²) >= 11 is 0. The largest absolute Gasteiger partial charge is 0.497 e. The number of benzene rings is 3. The molecule has 1 aromatic heterocycles. The van der Waals surface area contributed by atoms with Crippen molar-refractivity contribution in [1.82, 2.24) is 9.88 Å². The monoisotopic (exact) mass is 504 g/mol. The van der Waals surface area contributed by atoms with Crippen molar-refractivity contribution in [3.8, 4) is 23.0 Å². The van der Waals surface area contributed by atoms with Crippen LogP contribution in [0, 0.1) is 0 Å². The average Bonchev–Trinajstić information content (AvgIpc) is 3.23. The molecule has 8 nitrogen and oxygen atoms in total. The van der Waals surface area contributed by atoms with Gasteiger partial charge in [0.1, 0.15) is 17.2 Å². The van der Waals surface area contributed by atoms with Crippen molar-refractivity contribution in [3.63, 3.8) is 0 Å². The van der Waals surface area contributed by atoms with Crippen molar-refractivity contribution >= 4 is 16.9 Å². The molecule has 37 heavy (non-hydrogen) atoms. The number of aromatic nitrogens is 1. The zero-order chi connectivity index (χ0) is 26.4. The first kappa shape index (κ1) is 25.9. The van der Waals surface area contributed by atoms with Crippen molar-refractivity contribution in [2.75, 3.05) is 35.0 Å². The van der Waals surface area contributed by atoms with Gasteiger partial charge in [0, 0.05) is 30.1 Å². The van der Waals surface area contributed by atoms with Gasteiger partial charge in [-0.05, 0) is 60.5 Å². The van der Waals surface area contributed by atoms with Gasteiger partial charge in [0.05, 0.1) is 34.0 Å². The molecule has 194 valence electrons. The number of ether oxygens (including phenoxy) is 4. The minimum Gasteiger partial charge on any atom is -0.497 e. The summed E-state index contributed by atoms with van der Waals surface area (Å²) in [7, 11) is 6.45. The third kappa shape index (κ3) is 5.65. The van der Waals surface area contributed by atoms with Gasteiger partial charge >= 0.3 is 5.97 Å². The fourth-order valence-electron chi connectivity index (χ4n) is 4.51. The molecule has 0 aliphatic carbocycles. The fraction of sp³-hybridized carbons (Fsp3) is 0.276. The van der Waals surface area contributed by atoms with Gasteiger partial charge in [0.25, 0.3) is 0 Å². The maximum absolute atomic E-state index is 12.5. The summed E-state index contributed by atoms with van der Waals surface area (Å²) in [5, 5.41) is 14.6. The molecule has 0 saturated heterocycles. The van der Waals surface area contributed by atoms with Crippen LogP contribution in [0.3, 0.4) is 0 Å². The molecule has 0 aliphatic heterocycles. The average molecular weight is 505 g/mol. The van der Waals surface area contributed by atoms with Crippen LogP contribution in [0.4, 0.5) is 0 Å². The van der Waals surface area contributed by atoms with Crippen LogP contribution in [-0.4, -0.2) is 50.6 Å². The van der Waals surface area contributed by atoms with Crippen molar-refractivity contribution in [1.29, 1.82) is 0 Å². The number of nitrogens with one attached hydrogen (secondary N) is 1. The van der Waals surface area contributed by atoms with E-state index in [0.717, 1.165) is 39.8 Å². The van der Waals surface area contributed by atoms with E-state index in [4.69, 9.17) is 18.9 Å². The normalized spacial score (nSPS) is 10.9.